The number of para-hydroxylation sites is 1. The van der Waals surface area contributed by atoms with E-state index in [2.05, 4.69) is 42.5 Å². The van der Waals surface area contributed by atoms with Crippen LogP contribution < -0.4 is 43.7 Å². The van der Waals surface area contributed by atoms with Gasteiger partial charge >= 0.3 is 0 Å². The standard InChI is InChI=1S/C42H18B8O/c43-35-31-29(21-12-9-20(10-13-21)23-14-11-19-5-1-2-6-22(19)17-23)32-34(38(46)42(50)40(48)36(32)44)30(33(31)37(45)41(49)39(35)47)24-15-16-28-26(18-24)25-7-3-4-8-27(25)51-28/h1-18H. The summed E-state index contributed by atoms with van der Waals surface area (Å²) in [6, 6.07) is 36.6. The third kappa shape index (κ3) is 4.67. The maximum Gasteiger partial charge on any atom is 0.135 e. The van der Waals surface area contributed by atoms with Crippen molar-refractivity contribution < 1.29 is 4.42 Å². The van der Waals surface area contributed by atoms with Crippen molar-refractivity contribution in [3.05, 3.63) is 109 Å². The summed E-state index contributed by atoms with van der Waals surface area (Å²) in [7, 11) is 54.1. The Labute approximate surface area is 306 Å². The Morgan fingerprint density at radius 2 is 0.765 bits per heavy atom. The third-order valence-electron chi connectivity index (χ3n) is 10.2. The van der Waals surface area contributed by atoms with Crippen molar-refractivity contribution in [1.29, 1.82) is 0 Å². The summed E-state index contributed by atoms with van der Waals surface area (Å²) in [5.41, 5.74) is 8.20. The molecule has 0 saturated carbocycles. The van der Waals surface area contributed by atoms with Gasteiger partial charge in [0.05, 0.1) is 0 Å². The van der Waals surface area contributed by atoms with Crippen LogP contribution in [0.15, 0.2) is 114 Å². The highest BCUT2D eigenvalue weighted by Crippen LogP contribution is 2.42. The number of rotatable bonds is 3. The van der Waals surface area contributed by atoms with Gasteiger partial charge in [-0.15, -0.1) is 21.9 Å². The zero-order valence-corrected chi connectivity index (χ0v) is 27.4. The van der Waals surface area contributed by atoms with Crippen molar-refractivity contribution in [2.75, 3.05) is 0 Å². The van der Waals surface area contributed by atoms with Gasteiger partial charge in [-0.2, -0.15) is 0 Å². The van der Waals surface area contributed by atoms with Crippen LogP contribution >= 0.6 is 0 Å². The first kappa shape index (κ1) is 31.8. The first-order valence-corrected chi connectivity index (χ1v) is 16.4. The molecule has 216 valence electrons. The second-order valence-electron chi connectivity index (χ2n) is 13.0. The summed E-state index contributed by atoms with van der Waals surface area (Å²) >= 11 is 0. The van der Waals surface area contributed by atoms with Gasteiger partial charge < -0.3 is 4.42 Å². The maximum absolute atomic E-state index is 6.94. The quantitative estimate of drug-likeness (QED) is 0.218. The molecule has 0 N–H and O–H groups in total. The van der Waals surface area contributed by atoms with Gasteiger partial charge in [-0.3, -0.25) is 0 Å². The molecule has 16 radical (unpaired) electrons. The lowest BCUT2D eigenvalue weighted by Gasteiger charge is -2.28. The van der Waals surface area contributed by atoms with Crippen LogP contribution in [0.25, 0.3) is 87.6 Å². The van der Waals surface area contributed by atoms with Gasteiger partial charge in [-0.1, -0.05) is 107 Å². The largest absolute Gasteiger partial charge is 0.456 e. The van der Waals surface area contributed by atoms with Crippen LogP contribution in [0.1, 0.15) is 0 Å². The zero-order valence-electron chi connectivity index (χ0n) is 27.4. The average Bonchev–Trinajstić information content (AvgIpc) is 3.54. The molecule has 0 amide bonds. The van der Waals surface area contributed by atoms with Crippen molar-refractivity contribution in [3.8, 4) is 33.4 Å². The average molecular weight is 625 g/mol. The highest BCUT2D eigenvalue weighted by atomic mass is 16.3. The second kappa shape index (κ2) is 11.7. The maximum atomic E-state index is 6.94. The van der Waals surface area contributed by atoms with E-state index < -0.39 is 0 Å². The van der Waals surface area contributed by atoms with E-state index in [1.807, 2.05) is 66.7 Å². The molecule has 1 nitrogen and oxygen atoms in total. The van der Waals surface area contributed by atoms with Gasteiger partial charge in [-0.25, -0.2) is 0 Å². The Bertz CT molecular complexity index is 2860. The summed E-state index contributed by atoms with van der Waals surface area (Å²) < 4.78 is 6.15. The molecule has 0 aliphatic heterocycles. The summed E-state index contributed by atoms with van der Waals surface area (Å²) in [6.07, 6.45) is 0. The minimum atomic E-state index is 0.169. The molecule has 9 rings (SSSR count). The van der Waals surface area contributed by atoms with E-state index >= 15 is 0 Å². The van der Waals surface area contributed by atoms with Crippen LogP contribution in [0.5, 0.6) is 0 Å². The minimum Gasteiger partial charge on any atom is -0.456 e. The van der Waals surface area contributed by atoms with E-state index in [1.54, 1.807) is 0 Å². The van der Waals surface area contributed by atoms with Crippen molar-refractivity contribution in [1.82, 2.24) is 0 Å². The molecule has 0 fully saturated rings. The van der Waals surface area contributed by atoms with Crippen molar-refractivity contribution in [2.45, 2.75) is 0 Å². The molecule has 0 unspecified atom stereocenters. The number of fused-ring (bicyclic) bond motifs is 6. The predicted molar refractivity (Wildman–Crippen MR) is 226 cm³/mol. The van der Waals surface area contributed by atoms with Crippen molar-refractivity contribution in [3.63, 3.8) is 0 Å². The van der Waals surface area contributed by atoms with Crippen LogP contribution in [-0.4, -0.2) is 62.8 Å². The van der Waals surface area contributed by atoms with E-state index in [4.69, 9.17) is 67.2 Å². The summed E-state index contributed by atoms with van der Waals surface area (Å²) in [4.78, 5) is 0. The number of hydrogen-bond acceptors (Lipinski definition) is 1. The fourth-order valence-corrected chi connectivity index (χ4v) is 7.60. The van der Waals surface area contributed by atoms with Crippen LogP contribution in [-0.2, 0) is 0 Å². The van der Waals surface area contributed by atoms with E-state index in [0.29, 0.717) is 32.7 Å². The Morgan fingerprint density at radius 3 is 1.37 bits per heavy atom. The summed E-state index contributed by atoms with van der Waals surface area (Å²) in [5, 5.41) is 6.48. The van der Waals surface area contributed by atoms with E-state index in [0.717, 1.165) is 49.6 Å². The monoisotopic (exact) mass is 626 g/mol. The van der Waals surface area contributed by atoms with Crippen LogP contribution in [0.3, 0.4) is 0 Å². The lowest BCUT2D eigenvalue weighted by molar-refractivity contribution is 0.669. The minimum absolute atomic E-state index is 0.169. The molecule has 0 spiro atoms. The number of benzene rings is 8. The van der Waals surface area contributed by atoms with Gasteiger partial charge in [0, 0.05) is 10.8 Å². The lowest BCUT2D eigenvalue weighted by Crippen LogP contribution is -2.50. The molecule has 9 aromatic rings. The number of furan rings is 1. The molecule has 0 saturated heterocycles. The fourth-order valence-electron chi connectivity index (χ4n) is 7.60. The van der Waals surface area contributed by atoms with Gasteiger partial charge in [-0.05, 0) is 90.0 Å². The molecule has 0 aliphatic carbocycles. The van der Waals surface area contributed by atoms with E-state index in [-0.39, 0.29) is 43.7 Å². The van der Waals surface area contributed by atoms with Gasteiger partial charge in [0.2, 0.25) is 0 Å². The summed E-state index contributed by atoms with van der Waals surface area (Å²) in [5.74, 6) is 0. The van der Waals surface area contributed by atoms with Gasteiger partial charge in [0.15, 0.2) is 0 Å². The molecule has 0 aliphatic rings. The first-order chi connectivity index (χ1) is 24.6. The second-order valence-corrected chi connectivity index (χ2v) is 13.0. The van der Waals surface area contributed by atoms with E-state index in [1.165, 1.54) is 5.39 Å². The Balaban J connectivity index is 1.41. The van der Waals surface area contributed by atoms with Gasteiger partial charge in [0.25, 0.3) is 0 Å². The predicted octanol–water partition coefficient (Wildman–Crippen LogP) is 2.40. The Hall–Kier alpha value is -5.14. The molecule has 0 bridgehead atoms. The number of hydrogen-bond donors (Lipinski definition) is 0. The molecule has 51 heavy (non-hydrogen) atoms. The summed E-state index contributed by atoms with van der Waals surface area (Å²) in [6.45, 7) is 0. The Kier molecular flexibility index (Phi) is 7.30. The smallest absolute Gasteiger partial charge is 0.135 e. The lowest BCUT2D eigenvalue weighted by atomic mass is 9.59. The molecule has 8 aromatic carbocycles. The van der Waals surface area contributed by atoms with Crippen LogP contribution in [0, 0.1) is 0 Å². The van der Waals surface area contributed by atoms with Crippen LogP contribution in [0.2, 0.25) is 0 Å². The molecule has 1 heterocycles. The highest BCUT2D eigenvalue weighted by molar-refractivity contribution is 6.71. The normalized spacial score (nSPS) is 11.8. The molecule has 1 aromatic heterocycles. The SMILES string of the molecule is [B]c1c([B])c([B])c2c(-c3ccc4oc5ccccc5c4c3)c3c([B])c([B])c([B])c([B])c3c(-c3ccc(-c4ccc5ccccc5c4)cc3)c2c1[B]. The highest BCUT2D eigenvalue weighted by Gasteiger charge is 2.25. The fraction of sp³-hybridized carbons (Fsp3) is 0. The van der Waals surface area contributed by atoms with Crippen molar-refractivity contribution >= 4 is 161 Å². The third-order valence-corrected chi connectivity index (χ3v) is 10.2. The zero-order chi connectivity index (χ0) is 35.3. The molecule has 9 heteroatoms. The van der Waals surface area contributed by atoms with Crippen LogP contribution in [0.4, 0.5) is 0 Å². The van der Waals surface area contributed by atoms with E-state index in [9.17, 15) is 0 Å². The topological polar surface area (TPSA) is 13.1 Å². The molecular formula is C42H18B8O. The molecule has 0 atom stereocenters. The molecular weight excluding hydrogens is 607 g/mol. The van der Waals surface area contributed by atoms with Crippen molar-refractivity contribution in [2.24, 2.45) is 0 Å². The van der Waals surface area contributed by atoms with Gasteiger partial charge in [0.1, 0.15) is 73.9 Å². The Morgan fingerprint density at radius 1 is 0.314 bits per heavy atom. The first-order valence-electron chi connectivity index (χ1n) is 16.4.